The molecule has 3 rings (SSSR count). The first kappa shape index (κ1) is 26.3. The Morgan fingerprint density at radius 1 is 0.971 bits per heavy atom. The lowest BCUT2D eigenvalue weighted by Gasteiger charge is -2.17. The zero-order valence-corrected chi connectivity index (χ0v) is 20.6. The molecule has 188 valence electrons. The number of aliphatic carboxylic acids is 1. The molecular weight excluding hydrogens is 444 g/mol. The highest BCUT2D eigenvalue weighted by atomic mass is 16.5. The van der Waals surface area contributed by atoms with E-state index in [-0.39, 0.29) is 30.8 Å². The summed E-state index contributed by atoms with van der Waals surface area (Å²) in [5.74, 6) is -0.675. The number of carboxylic acid groups (broad SMARTS) is 1. The minimum absolute atomic E-state index is 0.0354. The number of carbonyl (C=O) groups is 3. The number of fused-ring (bicyclic) bond motifs is 3. The van der Waals surface area contributed by atoms with Crippen molar-refractivity contribution < 1.29 is 24.2 Å². The highest BCUT2D eigenvalue weighted by Crippen LogP contribution is 2.44. The monoisotopic (exact) mass is 480 g/mol. The van der Waals surface area contributed by atoms with Crippen molar-refractivity contribution in [2.24, 2.45) is 11.8 Å². The van der Waals surface area contributed by atoms with Crippen LogP contribution in [0.1, 0.15) is 63.0 Å². The summed E-state index contributed by atoms with van der Waals surface area (Å²) in [4.78, 5) is 35.1. The lowest BCUT2D eigenvalue weighted by atomic mass is 9.96. The number of hydrogen-bond donors (Lipinski definition) is 3. The molecule has 0 heterocycles. The molecule has 0 radical (unpaired) electrons. The molecule has 0 fully saturated rings. The molecule has 2 atom stereocenters. The van der Waals surface area contributed by atoms with Crippen LogP contribution in [-0.2, 0) is 14.3 Å². The largest absolute Gasteiger partial charge is 0.481 e. The molecule has 3 N–H and O–H groups in total. The number of amides is 2. The maximum absolute atomic E-state index is 12.3. The van der Waals surface area contributed by atoms with Crippen molar-refractivity contribution in [3.05, 3.63) is 59.7 Å². The van der Waals surface area contributed by atoms with Crippen LogP contribution in [0.4, 0.5) is 4.79 Å². The Morgan fingerprint density at radius 3 is 2.20 bits per heavy atom. The molecule has 35 heavy (non-hydrogen) atoms. The van der Waals surface area contributed by atoms with Gasteiger partial charge in [0.15, 0.2) is 0 Å². The van der Waals surface area contributed by atoms with E-state index in [2.05, 4.69) is 41.8 Å². The Labute approximate surface area is 207 Å². The van der Waals surface area contributed by atoms with Gasteiger partial charge in [0.05, 0.1) is 0 Å². The Bertz CT molecular complexity index is 976. The summed E-state index contributed by atoms with van der Waals surface area (Å²) in [5, 5.41) is 14.4. The molecule has 0 aromatic heterocycles. The van der Waals surface area contributed by atoms with Crippen LogP contribution >= 0.6 is 0 Å². The second-order valence-corrected chi connectivity index (χ2v) is 9.36. The summed E-state index contributed by atoms with van der Waals surface area (Å²) in [7, 11) is 0. The molecular formula is C28H36N2O5. The molecule has 0 spiro atoms. The summed E-state index contributed by atoms with van der Waals surface area (Å²) in [6, 6.07) is 16.5. The number of nitrogens with one attached hydrogen (secondary N) is 2. The summed E-state index contributed by atoms with van der Waals surface area (Å²) in [6.45, 7) is 5.03. The van der Waals surface area contributed by atoms with Gasteiger partial charge in [-0.3, -0.25) is 9.59 Å². The molecule has 0 saturated heterocycles. The van der Waals surface area contributed by atoms with Crippen LogP contribution in [0.3, 0.4) is 0 Å². The van der Waals surface area contributed by atoms with Gasteiger partial charge in [-0.2, -0.15) is 0 Å². The highest BCUT2D eigenvalue weighted by Gasteiger charge is 2.29. The molecule has 2 aromatic carbocycles. The van der Waals surface area contributed by atoms with Crippen molar-refractivity contribution in [3.63, 3.8) is 0 Å². The van der Waals surface area contributed by atoms with E-state index in [4.69, 9.17) is 9.84 Å². The van der Waals surface area contributed by atoms with Gasteiger partial charge >= 0.3 is 12.1 Å². The van der Waals surface area contributed by atoms with Crippen LogP contribution in [0.15, 0.2) is 48.5 Å². The van der Waals surface area contributed by atoms with Crippen LogP contribution in [0.2, 0.25) is 0 Å². The van der Waals surface area contributed by atoms with Crippen molar-refractivity contribution >= 4 is 18.0 Å². The second-order valence-electron chi connectivity index (χ2n) is 9.36. The van der Waals surface area contributed by atoms with E-state index >= 15 is 0 Å². The maximum Gasteiger partial charge on any atom is 0.407 e. The molecule has 2 unspecified atom stereocenters. The molecule has 2 aromatic rings. The first-order chi connectivity index (χ1) is 16.9. The maximum atomic E-state index is 12.3. The van der Waals surface area contributed by atoms with Crippen LogP contribution in [0, 0.1) is 11.8 Å². The molecule has 7 heteroatoms. The van der Waals surface area contributed by atoms with Gasteiger partial charge in [0.2, 0.25) is 5.91 Å². The van der Waals surface area contributed by atoms with Gasteiger partial charge in [-0.15, -0.1) is 0 Å². The molecule has 0 saturated carbocycles. The predicted molar refractivity (Wildman–Crippen MR) is 135 cm³/mol. The Balaban J connectivity index is 1.37. The molecule has 0 aliphatic heterocycles. The van der Waals surface area contributed by atoms with E-state index in [1.54, 1.807) is 6.92 Å². The number of hydrogen-bond acceptors (Lipinski definition) is 4. The van der Waals surface area contributed by atoms with Crippen LogP contribution in [0.25, 0.3) is 11.1 Å². The molecule has 2 amide bonds. The first-order valence-corrected chi connectivity index (χ1v) is 12.5. The fraction of sp³-hybridized carbons (Fsp3) is 0.464. The van der Waals surface area contributed by atoms with Crippen LogP contribution in [-0.4, -0.2) is 42.8 Å². The SMILES string of the molecule is CCC(CCNC(=O)OCC1c2ccccc2-c2ccccc21)CCC(=O)NCC(C)CC(=O)O. The van der Waals surface area contributed by atoms with Gasteiger partial charge in [-0.25, -0.2) is 4.79 Å². The molecule has 7 nitrogen and oxygen atoms in total. The third-order valence-corrected chi connectivity index (χ3v) is 6.69. The number of benzene rings is 2. The molecule has 0 bridgehead atoms. The van der Waals surface area contributed by atoms with Gasteiger partial charge < -0.3 is 20.5 Å². The summed E-state index contributed by atoms with van der Waals surface area (Å²) < 4.78 is 5.58. The third-order valence-electron chi connectivity index (χ3n) is 6.69. The van der Waals surface area contributed by atoms with E-state index in [9.17, 15) is 14.4 Å². The quantitative estimate of drug-likeness (QED) is 0.376. The van der Waals surface area contributed by atoms with E-state index in [1.165, 1.54) is 22.3 Å². The smallest absolute Gasteiger partial charge is 0.407 e. The van der Waals surface area contributed by atoms with Gasteiger partial charge in [0.25, 0.3) is 0 Å². The standard InChI is InChI=1S/C28H36N2O5/c1-3-20(12-13-26(31)30-17-19(2)16-27(32)33)14-15-29-28(34)35-18-25-23-10-6-4-8-21(23)22-9-5-7-11-24(22)25/h4-11,19-20,25H,3,12-18H2,1-2H3,(H,29,34)(H,30,31)(H,32,33). The van der Waals surface area contributed by atoms with Gasteiger partial charge in [-0.05, 0) is 46.9 Å². The summed E-state index contributed by atoms with van der Waals surface area (Å²) >= 11 is 0. The zero-order chi connectivity index (χ0) is 25.2. The number of ether oxygens (including phenoxy) is 1. The fourth-order valence-corrected chi connectivity index (χ4v) is 4.66. The minimum Gasteiger partial charge on any atom is -0.481 e. The Morgan fingerprint density at radius 2 is 1.60 bits per heavy atom. The van der Waals surface area contributed by atoms with Crippen LogP contribution in [0.5, 0.6) is 0 Å². The average molecular weight is 481 g/mol. The van der Waals surface area contributed by atoms with Crippen molar-refractivity contribution in [1.29, 1.82) is 0 Å². The highest BCUT2D eigenvalue weighted by molar-refractivity contribution is 5.79. The van der Waals surface area contributed by atoms with Gasteiger partial charge in [-0.1, -0.05) is 68.8 Å². The van der Waals surface area contributed by atoms with Gasteiger partial charge in [0.1, 0.15) is 6.61 Å². The van der Waals surface area contributed by atoms with Crippen molar-refractivity contribution in [2.75, 3.05) is 19.7 Å². The van der Waals surface area contributed by atoms with Crippen molar-refractivity contribution in [3.8, 4) is 11.1 Å². The van der Waals surface area contributed by atoms with E-state index < -0.39 is 12.1 Å². The van der Waals surface area contributed by atoms with E-state index in [0.717, 1.165) is 19.3 Å². The lowest BCUT2D eigenvalue weighted by Crippen LogP contribution is -2.30. The summed E-state index contributed by atoms with van der Waals surface area (Å²) in [6.07, 6.45) is 2.41. The minimum atomic E-state index is -0.860. The molecule has 1 aliphatic rings. The van der Waals surface area contributed by atoms with Crippen molar-refractivity contribution in [2.45, 2.75) is 51.9 Å². The topological polar surface area (TPSA) is 105 Å². The van der Waals surface area contributed by atoms with Crippen LogP contribution < -0.4 is 10.6 Å². The molecule has 1 aliphatic carbocycles. The number of rotatable bonds is 13. The average Bonchev–Trinajstić information content (AvgIpc) is 3.17. The first-order valence-electron chi connectivity index (χ1n) is 12.5. The lowest BCUT2D eigenvalue weighted by molar-refractivity contribution is -0.138. The third kappa shape index (κ3) is 7.57. The number of carboxylic acids is 1. The normalized spacial score (nSPS) is 13.9. The van der Waals surface area contributed by atoms with E-state index in [0.29, 0.717) is 25.4 Å². The summed E-state index contributed by atoms with van der Waals surface area (Å²) in [5.41, 5.74) is 4.76. The second kappa shape index (κ2) is 12.9. The fourth-order valence-electron chi connectivity index (χ4n) is 4.66. The number of carbonyl (C=O) groups excluding carboxylic acids is 2. The van der Waals surface area contributed by atoms with E-state index in [1.807, 2.05) is 24.3 Å². The van der Waals surface area contributed by atoms with Crippen molar-refractivity contribution in [1.82, 2.24) is 10.6 Å². The zero-order valence-electron chi connectivity index (χ0n) is 20.6. The van der Waals surface area contributed by atoms with Gasteiger partial charge in [0, 0.05) is 31.8 Å². The number of alkyl carbamates (subject to hydrolysis) is 1. The predicted octanol–water partition coefficient (Wildman–Crippen LogP) is 4.95. The Kier molecular flexibility index (Phi) is 9.70. The Hall–Kier alpha value is -3.35.